The van der Waals surface area contributed by atoms with E-state index in [0.717, 1.165) is 38.5 Å². The maximum absolute atomic E-state index is 10.7. The van der Waals surface area contributed by atoms with Crippen molar-refractivity contribution in [2.45, 2.75) is 52.4 Å². The van der Waals surface area contributed by atoms with Crippen molar-refractivity contribution in [1.29, 1.82) is 0 Å². The van der Waals surface area contributed by atoms with Crippen LogP contribution in [0.25, 0.3) is 0 Å². The Balaban J connectivity index is 3.42. The topological polar surface area (TPSA) is 37.3 Å². The van der Waals surface area contributed by atoms with Crippen molar-refractivity contribution in [3.05, 3.63) is 12.2 Å². The molecule has 0 aromatic heterocycles. The molecule has 0 aromatic rings. The molecule has 0 bridgehead atoms. The number of rotatable bonds is 8. The predicted molar refractivity (Wildman–Crippen MR) is 59.3 cm³/mol. The highest BCUT2D eigenvalue weighted by Gasteiger charge is 2.13. The van der Waals surface area contributed by atoms with E-state index in [4.69, 9.17) is 5.11 Å². The molecule has 0 aliphatic heterocycles. The van der Waals surface area contributed by atoms with Gasteiger partial charge in [-0.2, -0.15) is 0 Å². The first-order valence-corrected chi connectivity index (χ1v) is 5.60. The van der Waals surface area contributed by atoms with Gasteiger partial charge >= 0.3 is 5.97 Å². The molecular formula is C12H22O2. The van der Waals surface area contributed by atoms with Gasteiger partial charge in [-0.05, 0) is 32.1 Å². The van der Waals surface area contributed by atoms with Gasteiger partial charge in [0.25, 0.3) is 0 Å². The Morgan fingerprint density at radius 2 is 2.00 bits per heavy atom. The molecule has 0 fully saturated rings. The smallest absolute Gasteiger partial charge is 0.306 e. The third-order valence-electron chi connectivity index (χ3n) is 2.42. The van der Waals surface area contributed by atoms with E-state index < -0.39 is 5.97 Å². The van der Waals surface area contributed by atoms with E-state index in [1.54, 1.807) is 0 Å². The lowest BCUT2D eigenvalue weighted by atomic mass is 9.99. The fourth-order valence-corrected chi connectivity index (χ4v) is 1.44. The van der Waals surface area contributed by atoms with Crippen LogP contribution < -0.4 is 0 Å². The van der Waals surface area contributed by atoms with E-state index in [0.29, 0.717) is 0 Å². The molecule has 1 N–H and O–H groups in total. The Morgan fingerprint density at radius 1 is 1.29 bits per heavy atom. The summed E-state index contributed by atoms with van der Waals surface area (Å²) in [6, 6.07) is 0. The Kier molecular flexibility index (Phi) is 8.30. The maximum Gasteiger partial charge on any atom is 0.306 e. The number of unbranched alkanes of at least 4 members (excludes halogenated alkanes) is 2. The molecule has 14 heavy (non-hydrogen) atoms. The van der Waals surface area contributed by atoms with Crippen molar-refractivity contribution >= 4 is 5.97 Å². The van der Waals surface area contributed by atoms with Gasteiger partial charge in [-0.15, -0.1) is 0 Å². The number of carboxylic acid groups (broad SMARTS) is 1. The van der Waals surface area contributed by atoms with Crippen LogP contribution in [0.3, 0.4) is 0 Å². The Bertz CT molecular complexity index is 173. The number of hydrogen-bond acceptors (Lipinski definition) is 1. The summed E-state index contributed by atoms with van der Waals surface area (Å²) in [5.41, 5.74) is 0. The first-order chi connectivity index (χ1) is 6.72. The highest BCUT2D eigenvalue weighted by Crippen LogP contribution is 2.13. The van der Waals surface area contributed by atoms with Crippen LogP contribution >= 0.6 is 0 Å². The molecule has 0 aromatic carbocycles. The van der Waals surface area contributed by atoms with Crippen LogP contribution in [0.1, 0.15) is 52.4 Å². The van der Waals surface area contributed by atoms with Gasteiger partial charge < -0.3 is 5.11 Å². The Hall–Kier alpha value is -0.790. The molecule has 0 spiro atoms. The molecule has 0 aliphatic rings. The quantitative estimate of drug-likeness (QED) is 0.477. The van der Waals surface area contributed by atoms with Gasteiger partial charge in [0.05, 0.1) is 5.92 Å². The molecule has 1 unspecified atom stereocenters. The number of carbonyl (C=O) groups is 1. The summed E-state index contributed by atoms with van der Waals surface area (Å²) in [6.07, 6.45) is 10.2. The second-order valence-electron chi connectivity index (χ2n) is 3.61. The van der Waals surface area contributed by atoms with E-state index in [-0.39, 0.29) is 5.92 Å². The second-order valence-corrected chi connectivity index (χ2v) is 3.61. The summed E-state index contributed by atoms with van der Waals surface area (Å²) < 4.78 is 0. The third kappa shape index (κ3) is 6.70. The largest absolute Gasteiger partial charge is 0.481 e. The maximum atomic E-state index is 10.7. The van der Waals surface area contributed by atoms with Crippen LogP contribution in [0.15, 0.2) is 12.2 Å². The van der Waals surface area contributed by atoms with Crippen molar-refractivity contribution < 1.29 is 9.90 Å². The number of hydrogen-bond donors (Lipinski definition) is 1. The molecule has 0 amide bonds. The minimum atomic E-state index is -0.642. The van der Waals surface area contributed by atoms with Crippen LogP contribution in [0.4, 0.5) is 0 Å². The number of carboxylic acids is 1. The monoisotopic (exact) mass is 198 g/mol. The van der Waals surface area contributed by atoms with Crippen molar-refractivity contribution in [1.82, 2.24) is 0 Å². The van der Waals surface area contributed by atoms with Crippen LogP contribution in [0.5, 0.6) is 0 Å². The third-order valence-corrected chi connectivity index (χ3v) is 2.42. The highest BCUT2D eigenvalue weighted by molar-refractivity contribution is 5.69. The Labute approximate surface area is 87.0 Å². The van der Waals surface area contributed by atoms with E-state index >= 15 is 0 Å². The molecule has 0 saturated heterocycles. The molecule has 2 heteroatoms. The summed E-state index contributed by atoms with van der Waals surface area (Å²) >= 11 is 0. The lowest BCUT2D eigenvalue weighted by Crippen LogP contribution is -2.12. The predicted octanol–water partition coefficient (Wildman–Crippen LogP) is 3.62. The molecule has 0 radical (unpaired) electrons. The van der Waals surface area contributed by atoms with Gasteiger partial charge in [0.1, 0.15) is 0 Å². The van der Waals surface area contributed by atoms with E-state index in [2.05, 4.69) is 19.1 Å². The average molecular weight is 198 g/mol. The van der Waals surface area contributed by atoms with Crippen molar-refractivity contribution in [2.24, 2.45) is 5.92 Å². The van der Waals surface area contributed by atoms with Gasteiger partial charge in [-0.25, -0.2) is 0 Å². The Morgan fingerprint density at radius 3 is 2.50 bits per heavy atom. The molecule has 0 saturated carbocycles. The first kappa shape index (κ1) is 13.2. The van der Waals surface area contributed by atoms with Gasteiger partial charge in [-0.1, -0.05) is 32.4 Å². The standard InChI is InChI=1S/C12H22O2/c1-3-5-6-7-8-9-10-11(4-2)12(13)14/h5-6,11H,3-4,7-10H2,1-2H3,(H,13,14)/b6-5+. The lowest BCUT2D eigenvalue weighted by Gasteiger charge is -2.07. The SMILES string of the molecule is CC/C=C/CCCCC(CC)C(=O)O. The van der Waals surface area contributed by atoms with Crippen LogP contribution in [-0.2, 0) is 4.79 Å². The molecule has 2 nitrogen and oxygen atoms in total. The fourth-order valence-electron chi connectivity index (χ4n) is 1.44. The second kappa shape index (κ2) is 8.79. The molecule has 0 heterocycles. The molecular weight excluding hydrogens is 176 g/mol. The van der Waals surface area contributed by atoms with Gasteiger partial charge in [0.2, 0.25) is 0 Å². The van der Waals surface area contributed by atoms with E-state index in [1.165, 1.54) is 0 Å². The number of aliphatic carboxylic acids is 1. The molecule has 1 atom stereocenters. The number of allylic oxidation sites excluding steroid dienone is 2. The van der Waals surface area contributed by atoms with E-state index in [1.807, 2.05) is 6.92 Å². The van der Waals surface area contributed by atoms with Crippen LogP contribution in [0, 0.1) is 5.92 Å². The fraction of sp³-hybridized carbons (Fsp3) is 0.750. The minimum absolute atomic E-state index is 0.134. The zero-order valence-corrected chi connectivity index (χ0v) is 9.33. The molecule has 0 aliphatic carbocycles. The summed E-state index contributed by atoms with van der Waals surface area (Å²) in [7, 11) is 0. The average Bonchev–Trinajstić information content (AvgIpc) is 2.16. The first-order valence-electron chi connectivity index (χ1n) is 5.60. The summed E-state index contributed by atoms with van der Waals surface area (Å²) in [4.78, 5) is 10.7. The zero-order valence-electron chi connectivity index (χ0n) is 9.33. The van der Waals surface area contributed by atoms with Crippen molar-refractivity contribution in [3.63, 3.8) is 0 Å². The molecule has 0 rings (SSSR count). The summed E-state index contributed by atoms with van der Waals surface area (Å²) in [6.45, 7) is 4.06. The van der Waals surface area contributed by atoms with Gasteiger partial charge in [-0.3, -0.25) is 4.79 Å². The molecule has 82 valence electrons. The van der Waals surface area contributed by atoms with E-state index in [9.17, 15) is 4.79 Å². The van der Waals surface area contributed by atoms with Crippen LogP contribution in [-0.4, -0.2) is 11.1 Å². The normalized spacial score (nSPS) is 13.3. The van der Waals surface area contributed by atoms with Crippen molar-refractivity contribution in [2.75, 3.05) is 0 Å². The van der Waals surface area contributed by atoms with Gasteiger partial charge in [0, 0.05) is 0 Å². The summed E-state index contributed by atoms with van der Waals surface area (Å²) in [5.74, 6) is -0.776. The van der Waals surface area contributed by atoms with Crippen molar-refractivity contribution in [3.8, 4) is 0 Å². The van der Waals surface area contributed by atoms with Gasteiger partial charge in [0.15, 0.2) is 0 Å². The summed E-state index contributed by atoms with van der Waals surface area (Å²) in [5, 5.41) is 8.80. The zero-order chi connectivity index (χ0) is 10.8. The highest BCUT2D eigenvalue weighted by atomic mass is 16.4. The van der Waals surface area contributed by atoms with Crippen LogP contribution in [0.2, 0.25) is 0 Å². The minimum Gasteiger partial charge on any atom is -0.481 e. The lowest BCUT2D eigenvalue weighted by molar-refractivity contribution is -0.142.